The highest BCUT2D eigenvalue weighted by Crippen LogP contribution is 2.21. The van der Waals surface area contributed by atoms with Crippen LogP contribution in [0.5, 0.6) is 0 Å². The Morgan fingerprint density at radius 3 is 2.94 bits per heavy atom. The average Bonchev–Trinajstić information content (AvgIpc) is 2.66. The number of benzene rings is 1. The van der Waals surface area contributed by atoms with E-state index in [9.17, 15) is 0 Å². The molecule has 0 amide bonds. The van der Waals surface area contributed by atoms with Gasteiger partial charge < -0.3 is 0 Å². The molecule has 0 N–H and O–H groups in total. The van der Waals surface area contributed by atoms with Crippen molar-refractivity contribution < 1.29 is 0 Å². The molecule has 0 fully saturated rings. The predicted octanol–water partition coefficient (Wildman–Crippen LogP) is 3.01. The van der Waals surface area contributed by atoms with Crippen molar-refractivity contribution in [1.29, 1.82) is 0 Å². The fourth-order valence-electron chi connectivity index (χ4n) is 1.93. The monoisotopic (exact) mass is 211 g/mol. The summed E-state index contributed by atoms with van der Waals surface area (Å²) in [6, 6.07) is 8.33. The van der Waals surface area contributed by atoms with E-state index in [1.54, 1.807) is 6.20 Å². The molecular weight excluding hydrogens is 198 g/mol. The second kappa shape index (κ2) is 3.30. The fraction of sp³-hybridized carbons (Fsp3) is 0.231. The van der Waals surface area contributed by atoms with Crippen LogP contribution in [0.4, 0.5) is 0 Å². The van der Waals surface area contributed by atoms with Crippen molar-refractivity contribution in [3.63, 3.8) is 0 Å². The summed E-state index contributed by atoms with van der Waals surface area (Å²) in [6.07, 6.45) is 3.77. The quantitative estimate of drug-likeness (QED) is 0.619. The van der Waals surface area contributed by atoms with Crippen LogP contribution in [0.3, 0.4) is 0 Å². The summed E-state index contributed by atoms with van der Waals surface area (Å²) >= 11 is 0. The van der Waals surface area contributed by atoms with Gasteiger partial charge >= 0.3 is 0 Å². The van der Waals surface area contributed by atoms with Crippen LogP contribution < -0.4 is 0 Å². The van der Waals surface area contributed by atoms with Gasteiger partial charge in [0.05, 0.1) is 11.0 Å². The summed E-state index contributed by atoms with van der Waals surface area (Å²) in [5.74, 6) is 1.30. The minimum absolute atomic E-state index is 0.534. The Labute approximate surface area is 93.8 Å². The molecule has 2 aromatic heterocycles. The summed E-state index contributed by atoms with van der Waals surface area (Å²) in [4.78, 5) is 8.71. The molecule has 16 heavy (non-hydrogen) atoms. The lowest BCUT2D eigenvalue weighted by atomic mass is 10.0. The molecule has 3 nitrogen and oxygen atoms in total. The van der Waals surface area contributed by atoms with Gasteiger partial charge in [0, 0.05) is 12.4 Å². The van der Waals surface area contributed by atoms with Gasteiger partial charge in [-0.1, -0.05) is 19.9 Å². The SMILES string of the molecule is CC(C)c1ccc2nc3ncccn3c2c1. The molecule has 3 heteroatoms. The summed E-state index contributed by atoms with van der Waals surface area (Å²) in [5, 5.41) is 0. The maximum absolute atomic E-state index is 4.47. The topological polar surface area (TPSA) is 30.2 Å². The molecule has 3 aromatic rings. The number of hydrogen-bond donors (Lipinski definition) is 0. The van der Waals surface area contributed by atoms with Gasteiger partial charge in [0.1, 0.15) is 0 Å². The minimum Gasteiger partial charge on any atom is -0.284 e. The molecule has 0 unspecified atom stereocenters. The van der Waals surface area contributed by atoms with Gasteiger partial charge in [0.15, 0.2) is 0 Å². The zero-order chi connectivity index (χ0) is 11.1. The minimum atomic E-state index is 0.534. The molecule has 80 valence electrons. The molecule has 1 aromatic carbocycles. The van der Waals surface area contributed by atoms with E-state index in [0.717, 1.165) is 16.8 Å². The van der Waals surface area contributed by atoms with Gasteiger partial charge in [-0.05, 0) is 29.7 Å². The molecule has 0 atom stereocenters. The first-order valence-corrected chi connectivity index (χ1v) is 5.48. The van der Waals surface area contributed by atoms with E-state index in [0.29, 0.717) is 5.92 Å². The summed E-state index contributed by atoms with van der Waals surface area (Å²) in [6.45, 7) is 4.39. The predicted molar refractivity (Wildman–Crippen MR) is 64.6 cm³/mol. The zero-order valence-electron chi connectivity index (χ0n) is 9.38. The van der Waals surface area contributed by atoms with Crippen LogP contribution in [0.15, 0.2) is 36.7 Å². The van der Waals surface area contributed by atoms with Gasteiger partial charge in [-0.15, -0.1) is 0 Å². The lowest BCUT2D eigenvalue weighted by molar-refractivity contribution is 0.868. The molecule has 0 saturated carbocycles. The third-order valence-electron chi connectivity index (χ3n) is 2.87. The van der Waals surface area contributed by atoms with Crippen molar-refractivity contribution in [2.24, 2.45) is 0 Å². The van der Waals surface area contributed by atoms with Gasteiger partial charge in [-0.2, -0.15) is 0 Å². The number of hydrogen-bond acceptors (Lipinski definition) is 2. The van der Waals surface area contributed by atoms with E-state index < -0.39 is 0 Å². The Kier molecular flexibility index (Phi) is 1.93. The lowest BCUT2D eigenvalue weighted by Crippen LogP contribution is -1.89. The van der Waals surface area contributed by atoms with Crippen molar-refractivity contribution >= 4 is 16.8 Å². The maximum atomic E-state index is 4.47. The highest BCUT2D eigenvalue weighted by atomic mass is 15.1. The number of nitrogens with zero attached hydrogens (tertiary/aromatic N) is 3. The van der Waals surface area contributed by atoms with Crippen LogP contribution >= 0.6 is 0 Å². The van der Waals surface area contributed by atoms with E-state index in [1.165, 1.54) is 5.56 Å². The van der Waals surface area contributed by atoms with E-state index >= 15 is 0 Å². The van der Waals surface area contributed by atoms with Gasteiger partial charge in [0.25, 0.3) is 0 Å². The maximum Gasteiger partial charge on any atom is 0.234 e. The molecule has 0 radical (unpaired) electrons. The normalized spacial score (nSPS) is 11.7. The molecule has 3 rings (SSSR count). The van der Waals surface area contributed by atoms with E-state index in [-0.39, 0.29) is 0 Å². The van der Waals surface area contributed by atoms with Crippen molar-refractivity contribution in [2.75, 3.05) is 0 Å². The molecule has 0 spiro atoms. The molecule has 0 aliphatic carbocycles. The Morgan fingerprint density at radius 1 is 1.25 bits per heavy atom. The van der Waals surface area contributed by atoms with Crippen molar-refractivity contribution in [3.8, 4) is 0 Å². The Bertz CT molecular complexity index is 652. The zero-order valence-corrected chi connectivity index (χ0v) is 9.38. The first-order valence-electron chi connectivity index (χ1n) is 5.48. The highest BCUT2D eigenvalue weighted by Gasteiger charge is 2.06. The number of imidazole rings is 1. The lowest BCUT2D eigenvalue weighted by Gasteiger charge is -2.04. The van der Waals surface area contributed by atoms with E-state index in [2.05, 4.69) is 42.0 Å². The van der Waals surface area contributed by atoms with E-state index in [1.807, 2.05) is 16.7 Å². The van der Waals surface area contributed by atoms with Crippen LogP contribution in [-0.4, -0.2) is 14.4 Å². The van der Waals surface area contributed by atoms with E-state index in [4.69, 9.17) is 0 Å². The Hall–Kier alpha value is -1.90. The summed E-state index contributed by atoms with van der Waals surface area (Å²) in [5.41, 5.74) is 3.47. The van der Waals surface area contributed by atoms with Crippen LogP contribution in [0, 0.1) is 0 Å². The molecule has 0 aliphatic heterocycles. The third-order valence-corrected chi connectivity index (χ3v) is 2.87. The van der Waals surface area contributed by atoms with Crippen LogP contribution in [-0.2, 0) is 0 Å². The molecule has 2 heterocycles. The summed E-state index contributed by atoms with van der Waals surface area (Å²) < 4.78 is 2.03. The van der Waals surface area contributed by atoms with Gasteiger partial charge in [-0.3, -0.25) is 4.40 Å². The number of rotatable bonds is 1. The van der Waals surface area contributed by atoms with Crippen LogP contribution in [0.2, 0.25) is 0 Å². The molecule has 0 bridgehead atoms. The number of aromatic nitrogens is 3. The smallest absolute Gasteiger partial charge is 0.234 e. The second-order valence-corrected chi connectivity index (χ2v) is 4.30. The molecule has 0 aliphatic rings. The number of fused-ring (bicyclic) bond motifs is 3. The van der Waals surface area contributed by atoms with Gasteiger partial charge in [-0.25, -0.2) is 9.97 Å². The first-order chi connectivity index (χ1) is 7.75. The second-order valence-electron chi connectivity index (χ2n) is 4.30. The van der Waals surface area contributed by atoms with Crippen molar-refractivity contribution in [3.05, 3.63) is 42.2 Å². The van der Waals surface area contributed by atoms with Crippen LogP contribution in [0.25, 0.3) is 16.8 Å². The Balaban J connectivity index is 2.40. The highest BCUT2D eigenvalue weighted by molar-refractivity contribution is 5.80. The van der Waals surface area contributed by atoms with Crippen molar-refractivity contribution in [1.82, 2.24) is 14.4 Å². The largest absolute Gasteiger partial charge is 0.284 e. The molecular formula is C13H13N3. The Morgan fingerprint density at radius 2 is 2.12 bits per heavy atom. The van der Waals surface area contributed by atoms with Crippen molar-refractivity contribution in [2.45, 2.75) is 19.8 Å². The fourth-order valence-corrected chi connectivity index (χ4v) is 1.93. The molecule has 0 saturated heterocycles. The first kappa shape index (κ1) is 9.33. The third kappa shape index (κ3) is 1.28. The van der Waals surface area contributed by atoms with Gasteiger partial charge in [0.2, 0.25) is 5.78 Å². The summed E-state index contributed by atoms with van der Waals surface area (Å²) in [7, 11) is 0. The van der Waals surface area contributed by atoms with Crippen LogP contribution in [0.1, 0.15) is 25.3 Å². The average molecular weight is 211 g/mol. The standard InChI is InChI=1S/C13H13N3/c1-9(2)10-4-5-11-12(8-10)16-7-3-6-14-13(16)15-11/h3-9H,1-2H3.